The Kier molecular flexibility index (Phi) is 7.86. The monoisotopic (exact) mass is 556 g/mol. The second-order valence-electron chi connectivity index (χ2n) is 11.6. The highest BCUT2D eigenvalue weighted by Gasteiger charge is 2.39. The van der Waals surface area contributed by atoms with Crippen molar-refractivity contribution in [1.29, 1.82) is 0 Å². The zero-order valence-electron chi connectivity index (χ0n) is 24.9. The van der Waals surface area contributed by atoms with Crippen LogP contribution in [0, 0.1) is 0 Å². The lowest BCUT2D eigenvalue weighted by atomic mass is 9.91. The molecule has 0 saturated carbocycles. The molecule has 0 bridgehead atoms. The molecule has 10 nitrogen and oxygen atoms in total. The van der Waals surface area contributed by atoms with Crippen LogP contribution in [0.1, 0.15) is 37.2 Å². The predicted molar refractivity (Wildman–Crippen MR) is 165 cm³/mol. The van der Waals surface area contributed by atoms with Crippen molar-refractivity contribution in [2.24, 2.45) is 0 Å². The number of rotatable bonds is 10. The number of nitrogens with zero attached hydrogens (tertiary/aromatic N) is 6. The molecule has 1 aliphatic carbocycles. The number of carbonyl (C=O) groups is 1. The molecule has 0 fully saturated rings. The van der Waals surface area contributed by atoms with E-state index >= 15 is 0 Å². The maximum absolute atomic E-state index is 12.3. The van der Waals surface area contributed by atoms with Crippen LogP contribution in [0.4, 0.5) is 34.5 Å². The zero-order chi connectivity index (χ0) is 29.3. The van der Waals surface area contributed by atoms with Crippen LogP contribution in [0.5, 0.6) is 5.75 Å². The summed E-state index contributed by atoms with van der Waals surface area (Å²) in [6.45, 7) is 10.5. The first-order valence-electron chi connectivity index (χ1n) is 14.0. The molecule has 41 heavy (non-hydrogen) atoms. The van der Waals surface area contributed by atoms with E-state index in [9.17, 15) is 4.79 Å². The zero-order valence-corrected chi connectivity index (χ0v) is 24.9. The number of anilines is 6. The molecule has 10 heteroatoms. The summed E-state index contributed by atoms with van der Waals surface area (Å²) < 4.78 is 5.76. The molecule has 1 aromatic carbocycles. The van der Waals surface area contributed by atoms with Gasteiger partial charge in [-0.25, -0.2) is 4.98 Å². The molecule has 0 radical (unpaired) electrons. The number of ether oxygens (including phenoxy) is 1. The molecule has 3 heterocycles. The normalized spacial score (nSPS) is 15.0. The number of pyridine rings is 1. The van der Waals surface area contributed by atoms with Crippen molar-refractivity contribution in [3.8, 4) is 5.75 Å². The van der Waals surface area contributed by atoms with Crippen molar-refractivity contribution in [2.75, 3.05) is 68.3 Å². The second-order valence-corrected chi connectivity index (χ2v) is 11.6. The van der Waals surface area contributed by atoms with Gasteiger partial charge in [-0.1, -0.05) is 20.4 Å². The van der Waals surface area contributed by atoms with Gasteiger partial charge in [0, 0.05) is 50.1 Å². The number of methoxy groups -OCH3 is 1. The number of nitrogens with one attached hydrogen (secondary N) is 2. The number of amides is 1. The maximum atomic E-state index is 12.3. The molecular formula is C31H40N8O2. The molecular weight excluding hydrogens is 516 g/mol. The maximum Gasteiger partial charge on any atom is 0.247 e. The van der Waals surface area contributed by atoms with Crippen molar-refractivity contribution in [1.82, 2.24) is 19.9 Å². The van der Waals surface area contributed by atoms with Crippen molar-refractivity contribution >= 4 is 40.4 Å². The molecule has 0 atom stereocenters. The van der Waals surface area contributed by atoms with Gasteiger partial charge in [-0.15, -0.1) is 0 Å². The van der Waals surface area contributed by atoms with E-state index in [4.69, 9.17) is 14.7 Å². The molecule has 0 spiro atoms. The first kappa shape index (κ1) is 28.4. The summed E-state index contributed by atoms with van der Waals surface area (Å²) in [5, 5.41) is 6.27. The van der Waals surface area contributed by atoms with Gasteiger partial charge in [0.1, 0.15) is 11.6 Å². The minimum atomic E-state index is -0.294. The van der Waals surface area contributed by atoms with Gasteiger partial charge >= 0.3 is 0 Å². The minimum Gasteiger partial charge on any atom is -0.494 e. The number of fused-ring (bicyclic) bond motifs is 2. The fraction of sp³-hybridized carbons (Fsp3) is 0.419. The van der Waals surface area contributed by atoms with Gasteiger partial charge in [0.15, 0.2) is 0 Å². The van der Waals surface area contributed by atoms with E-state index in [0.717, 1.165) is 61.8 Å². The van der Waals surface area contributed by atoms with Gasteiger partial charge in [-0.3, -0.25) is 9.78 Å². The van der Waals surface area contributed by atoms with Gasteiger partial charge in [0.05, 0.1) is 35.6 Å². The SMILES string of the molecule is C=CC(=O)Nc1cc(Nc2nccc(N3CC(C)(C)c4nc5c(cc43)CCC5)n2)c(OC)cc1N(C)CCN(C)C. The molecule has 5 rings (SSSR count). The number of likely N-dealkylation sites (N-methyl/N-ethyl adjacent to an activating group) is 2. The fourth-order valence-corrected chi connectivity index (χ4v) is 5.51. The number of aryl methyl sites for hydroxylation is 2. The first-order valence-corrected chi connectivity index (χ1v) is 14.0. The third-order valence-electron chi connectivity index (χ3n) is 7.73. The summed E-state index contributed by atoms with van der Waals surface area (Å²) in [6, 6.07) is 7.99. The van der Waals surface area contributed by atoms with Gasteiger partial charge in [-0.05, 0) is 63.2 Å². The molecule has 0 unspecified atom stereocenters. The highest BCUT2D eigenvalue weighted by Crippen LogP contribution is 2.45. The van der Waals surface area contributed by atoms with E-state index in [-0.39, 0.29) is 11.3 Å². The molecule has 2 N–H and O–H groups in total. The lowest BCUT2D eigenvalue weighted by Gasteiger charge is -2.26. The van der Waals surface area contributed by atoms with E-state index in [1.807, 2.05) is 39.3 Å². The Morgan fingerprint density at radius 3 is 2.68 bits per heavy atom. The lowest BCUT2D eigenvalue weighted by Crippen LogP contribution is -2.29. The molecule has 2 aliphatic rings. The van der Waals surface area contributed by atoms with Crippen LogP contribution in [0.3, 0.4) is 0 Å². The number of hydrogen-bond donors (Lipinski definition) is 2. The van der Waals surface area contributed by atoms with Crippen LogP contribution in [-0.2, 0) is 23.1 Å². The van der Waals surface area contributed by atoms with Crippen molar-refractivity contribution in [3.05, 3.63) is 60.1 Å². The van der Waals surface area contributed by atoms with E-state index in [1.165, 1.54) is 17.3 Å². The largest absolute Gasteiger partial charge is 0.494 e. The van der Waals surface area contributed by atoms with Crippen LogP contribution in [0.2, 0.25) is 0 Å². The minimum absolute atomic E-state index is 0.0958. The summed E-state index contributed by atoms with van der Waals surface area (Å²) in [5.41, 5.74) is 6.83. The smallest absolute Gasteiger partial charge is 0.247 e. The molecule has 0 saturated heterocycles. The quantitative estimate of drug-likeness (QED) is 0.345. The van der Waals surface area contributed by atoms with Gasteiger partial charge in [0.25, 0.3) is 0 Å². The number of carbonyl (C=O) groups excluding carboxylic acids is 1. The lowest BCUT2D eigenvalue weighted by molar-refractivity contribution is -0.111. The van der Waals surface area contributed by atoms with Crippen molar-refractivity contribution in [2.45, 2.75) is 38.5 Å². The van der Waals surface area contributed by atoms with Crippen molar-refractivity contribution in [3.63, 3.8) is 0 Å². The van der Waals surface area contributed by atoms with Crippen LogP contribution in [0.25, 0.3) is 0 Å². The summed E-state index contributed by atoms with van der Waals surface area (Å²) in [6.07, 6.45) is 6.31. The molecule has 1 aliphatic heterocycles. The second kappa shape index (κ2) is 11.4. The summed E-state index contributed by atoms with van der Waals surface area (Å²) in [7, 11) is 7.67. The number of hydrogen-bond acceptors (Lipinski definition) is 9. The Morgan fingerprint density at radius 1 is 1.15 bits per heavy atom. The first-order chi connectivity index (χ1) is 19.6. The topological polar surface area (TPSA) is 98.8 Å². The summed E-state index contributed by atoms with van der Waals surface area (Å²) in [5.74, 6) is 1.54. The molecule has 216 valence electrons. The van der Waals surface area contributed by atoms with Crippen LogP contribution in [0.15, 0.2) is 43.1 Å². The van der Waals surface area contributed by atoms with E-state index < -0.39 is 0 Å². The van der Waals surface area contributed by atoms with Crippen LogP contribution >= 0.6 is 0 Å². The Hall–Kier alpha value is -4.18. The Labute approximate surface area is 242 Å². The highest BCUT2D eigenvalue weighted by molar-refractivity contribution is 6.02. The standard InChI is InChI=1S/C31H40N8O2/c1-8-28(40)33-22-17-23(26(41-7)18-24(22)38(6)15-14-37(4)5)35-30-32-13-12-27(36-30)39-19-31(2,3)29-25(39)16-20-10-9-11-21(20)34-29/h8,12-13,16-18H,1,9-11,14-15,19H2,2-7H3,(H,33,40)(H,32,35,36). The average molecular weight is 557 g/mol. The summed E-state index contributed by atoms with van der Waals surface area (Å²) >= 11 is 0. The molecule has 3 aromatic rings. The highest BCUT2D eigenvalue weighted by atomic mass is 16.5. The third kappa shape index (κ3) is 5.83. The van der Waals surface area contributed by atoms with Gasteiger partial charge in [0.2, 0.25) is 11.9 Å². The summed E-state index contributed by atoms with van der Waals surface area (Å²) in [4.78, 5) is 33.2. The van der Waals surface area contributed by atoms with Crippen molar-refractivity contribution < 1.29 is 9.53 Å². The van der Waals surface area contributed by atoms with E-state index in [0.29, 0.717) is 23.1 Å². The predicted octanol–water partition coefficient (Wildman–Crippen LogP) is 4.66. The average Bonchev–Trinajstić information content (AvgIpc) is 3.52. The molecule has 1 amide bonds. The third-order valence-corrected chi connectivity index (χ3v) is 7.73. The van der Waals surface area contributed by atoms with Crippen LogP contribution in [-0.4, -0.2) is 73.6 Å². The molecule has 2 aromatic heterocycles. The Morgan fingerprint density at radius 2 is 1.95 bits per heavy atom. The van der Waals surface area contributed by atoms with E-state index in [1.54, 1.807) is 13.3 Å². The van der Waals surface area contributed by atoms with Gasteiger partial charge < -0.3 is 30.1 Å². The Balaban J connectivity index is 1.47. The number of aromatic nitrogens is 3. The Bertz CT molecular complexity index is 1470. The van der Waals surface area contributed by atoms with E-state index in [2.05, 4.69) is 56.8 Å². The number of benzene rings is 1. The fourth-order valence-electron chi connectivity index (χ4n) is 5.51. The van der Waals surface area contributed by atoms with Gasteiger partial charge in [-0.2, -0.15) is 4.98 Å². The van der Waals surface area contributed by atoms with Crippen LogP contribution < -0.4 is 25.2 Å².